The van der Waals surface area contributed by atoms with Gasteiger partial charge in [-0.3, -0.25) is 24.6 Å². The van der Waals surface area contributed by atoms with Gasteiger partial charge in [-0.15, -0.1) is 0 Å². The van der Waals surface area contributed by atoms with Crippen LogP contribution in [0.2, 0.25) is 0 Å². The maximum atomic E-state index is 13.6. The van der Waals surface area contributed by atoms with Gasteiger partial charge < -0.3 is 9.64 Å². The van der Waals surface area contributed by atoms with Gasteiger partial charge >= 0.3 is 6.18 Å². The molecule has 0 bridgehead atoms. The van der Waals surface area contributed by atoms with E-state index in [-0.39, 0.29) is 30.2 Å². The van der Waals surface area contributed by atoms with Crippen molar-refractivity contribution >= 4 is 39.5 Å². The number of carbonyl (C=O) groups excluding carboxylic acids is 2. The normalized spacial score (nSPS) is 19.6. The number of methoxy groups -OCH3 is 1. The summed E-state index contributed by atoms with van der Waals surface area (Å²) in [6, 6.07) is 9.86. The number of hydrogen-bond acceptors (Lipinski definition) is 7. The fraction of sp³-hybridized carbons (Fsp3) is 0.355. The fourth-order valence-corrected chi connectivity index (χ4v) is 6.55. The lowest BCUT2D eigenvalue weighted by Gasteiger charge is -2.29. The Bertz CT molecular complexity index is 1680. The molecule has 2 aliphatic heterocycles. The molecule has 0 aliphatic carbocycles. The van der Waals surface area contributed by atoms with E-state index in [0.717, 1.165) is 18.7 Å². The van der Waals surface area contributed by atoms with Gasteiger partial charge in [0.25, 0.3) is 0 Å². The Balaban J connectivity index is 1.12. The Kier molecular flexibility index (Phi) is 7.92. The maximum absolute atomic E-state index is 13.6. The fourth-order valence-electron chi connectivity index (χ4n) is 5.87. The molecule has 1 N–H and O–H groups in total. The number of nitrogens with zero attached hydrogens (tertiary/aromatic N) is 4. The maximum Gasteiger partial charge on any atom is 0.433 e. The molecule has 1 amide bonds. The lowest BCUT2D eigenvalue weighted by Crippen LogP contribution is -2.46. The van der Waals surface area contributed by atoms with Crippen LogP contribution in [0.5, 0.6) is 0 Å². The quantitative estimate of drug-likeness (QED) is 0.295. The number of H-pyrrole nitrogens is 1. The van der Waals surface area contributed by atoms with Gasteiger partial charge in [-0.25, -0.2) is 0 Å². The summed E-state index contributed by atoms with van der Waals surface area (Å²) < 4.78 is 45.5. The topological polar surface area (TPSA) is 91.4 Å². The minimum absolute atomic E-state index is 0.0303. The molecule has 43 heavy (non-hydrogen) atoms. The van der Waals surface area contributed by atoms with Crippen LogP contribution >= 0.6 is 11.3 Å². The van der Waals surface area contributed by atoms with Crippen molar-refractivity contribution in [3.63, 3.8) is 0 Å². The molecule has 5 heterocycles. The van der Waals surface area contributed by atoms with E-state index < -0.39 is 17.5 Å². The number of rotatable bonds is 8. The van der Waals surface area contributed by atoms with Gasteiger partial charge in [0.05, 0.1) is 12.1 Å². The first-order chi connectivity index (χ1) is 20.6. The van der Waals surface area contributed by atoms with Crippen LogP contribution in [0.4, 0.5) is 13.2 Å². The number of nitrogens with one attached hydrogen (secondary N) is 1. The highest BCUT2D eigenvalue weighted by Crippen LogP contribution is 2.34. The molecule has 8 nitrogen and oxygen atoms in total. The van der Waals surface area contributed by atoms with Crippen LogP contribution in [0.15, 0.2) is 59.4 Å². The molecular formula is C31H30F3N5O3S. The molecule has 0 unspecified atom stereocenters. The van der Waals surface area contributed by atoms with Crippen molar-refractivity contribution in [2.75, 3.05) is 39.8 Å². The predicted molar refractivity (Wildman–Crippen MR) is 157 cm³/mol. The summed E-state index contributed by atoms with van der Waals surface area (Å²) in [5.41, 5.74) is 2.39. The van der Waals surface area contributed by atoms with E-state index in [1.165, 1.54) is 24.3 Å². The van der Waals surface area contributed by atoms with Crippen LogP contribution < -0.4 is 0 Å². The molecule has 4 aromatic rings. The number of alkyl halides is 3. The van der Waals surface area contributed by atoms with Crippen molar-refractivity contribution in [1.82, 2.24) is 25.0 Å². The molecule has 3 aromatic heterocycles. The summed E-state index contributed by atoms with van der Waals surface area (Å²) in [5.74, 6) is -0.0818. The number of Topliss-reactive ketones (excluding diaryl/α,β-unsaturated/α-hetero) is 1. The first-order valence-corrected chi connectivity index (χ1v) is 14.9. The molecular weight excluding hydrogens is 579 g/mol. The van der Waals surface area contributed by atoms with Crippen LogP contribution in [0.3, 0.4) is 0 Å². The summed E-state index contributed by atoms with van der Waals surface area (Å²) in [4.78, 5) is 34.0. The first kappa shape index (κ1) is 29.2. The number of ether oxygens (including phenoxy) is 1. The second-order valence-electron chi connectivity index (χ2n) is 11.0. The number of ketones is 1. The smallest absolute Gasteiger partial charge is 0.369 e. The van der Waals surface area contributed by atoms with Crippen LogP contribution in [0.25, 0.3) is 27.7 Å². The Morgan fingerprint density at radius 1 is 1.14 bits per heavy atom. The number of fused-ring (bicyclic) bond motifs is 1. The van der Waals surface area contributed by atoms with Crippen LogP contribution in [-0.2, 0) is 26.9 Å². The van der Waals surface area contributed by atoms with Crippen LogP contribution in [-0.4, -0.2) is 82.1 Å². The zero-order valence-corrected chi connectivity index (χ0v) is 24.3. The summed E-state index contributed by atoms with van der Waals surface area (Å²) in [6.07, 6.45) is -0.00242. The zero-order chi connectivity index (χ0) is 30.2. The number of likely N-dealkylation sites (tertiary alicyclic amines) is 1. The molecule has 1 saturated heterocycles. The molecule has 0 radical (unpaired) electrons. The minimum Gasteiger partial charge on any atom is -0.369 e. The van der Waals surface area contributed by atoms with E-state index in [0.29, 0.717) is 54.8 Å². The number of aromatic nitrogens is 3. The van der Waals surface area contributed by atoms with E-state index in [1.54, 1.807) is 29.5 Å². The number of amides is 1. The lowest BCUT2D eigenvalue weighted by atomic mass is 9.91. The third kappa shape index (κ3) is 5.99. The largest absolute Gasteiger partial charge is 0.433 e. The van der Waals surface area contributed by atoms with Crippen LogP contribution in [0, 0.1) is 0 Å². The highest BCUT2D eigenvalue weighted by atomic mass is 32.1. The van der Waals surface area contributed by atoms with Gasteiger partial charge in [0, 0.05) is 56.9 Å². The van der Waals surface area contributed by atoms with Gasteiger partial charge in [0.2, 0.25) is 5.91 Å². The zero-order valence-electron chi connectivity index (χ0n) is 23.5. The Hall–Kier alpha value is -3.87. The highest BCUT2D eigenvalue weighted by molar-refractivity contribution is 7.08. The molecule has 2 aliphatic rings. The van der Waals surface area contributed by atoms with Crippen LogP contribution in [0.1, 0.15) is 29.7 Å². The third-order valence-corrected chi connectivity index (χ3v) is 9.02. The van der Waals surface area contributed by atoms with Gasteiger partial charge in [-0.2, -0.15) is 29.6 Å². The average Bonchev–Trinajstić information content (AvgIpc) is 3.77. The average molecular weight is 610 g/mol. The Labute approximate surface area is 250 Å². The number of benzene rings is 1. The van der Waals surface area contributed by atoms with Gasteiger partial charge in [-0.05, 0) is 70.6 Å². The molecule has 12 heteroatoms. The SMILES string of the molecule is CO[C@@]1(C(=O)Cc2ccc3[nH]nc(-c4ccnc(C(F)(F)F)c4)c3c2)CCN(CC(=O)N2CC=C(c3ccsc3)CC2)C1. The van der Waals surface area contributed by atoms with E-state index in [2.05, 4.69) is 38.1 Å². The van der Waals surface area contributed by atoms with Crippen molar-refractivity contribution < 1.29 is 27.5 Å². The molecule has 224 valence electrons. The van der Waals surface area contributed by atoms with Crippen molar-refractivity contribution in [3.05, 3.63) is 76.3 Å². The number of pyridine rings is 1. The molecule has 1 fully saturated rings. The number of halogens is 3. The molecule has 1 aromatic carbocycles. The molecule has 6 rings (SSSR count). The van der Waals surface area contributed by atoms with Crippen molar-refractivity contribution in [1.29, 1.82) is 0 Å². The second kappa shape index (κ2) is 11.7. The van der Waals surface area contributed by atoms with Gasteiger partial charge in [0.15, 0.2) is 5.78 Å². The number of aromatic amines is 1. The third-order valence-electron chi connectivity index (χ3n) is 8.34. The van der Waals surface area contributed by atoms with Crippen molar-refractivity contribution in [2.45, 2.75) is 31.0 Å². The number of carbonyl (C=O) groups is 2. The van der Waals surface area contributed by atoms with Gasteiger partial charge in [0.1, 0.15) is 17.0 Å². The highest BCUT2D eigenvalue weighted by Gasteiger charge is 2.45. The van der Waals surface area contributed by atoms with E-state index in [1.807, 2.05) is 9.80 Å². The molecule has 0 spiro atoms. The summed E-state index contributed by atoms with van der Waals surface area (Å²) in [6.45, 7) is 2.33. The monoisotopic (exact) mass is 609 g/mol. The molecule has 1 atom stereocenters. The van der Waals surface area contributed by atoms with Crippen molar-refractivity contribution in [2.24, 2.45) is 0 Å². The number of hydrogen-bond donors (Lipinski definition) is 1. The van der Waals surface area contributed by atoms with E-state index in [4.69, 9.17) is 4.74 Å². The molecule has 0 saturated carbocycles. The Morgan fingerprint density at radius 2 is 2.00 bits per heavy atom. The van der Waals surface area contributed by atoms with E-state index >= 15 is 0 Å². The standard InChI is InChI=1S/C31H30F3N5O3S/c1-42-30(8-12-38(19-30)17-28(41)39-10-5-21(6-11-39)23-7-13-43-18-23)27(40)15-20-2-3-25-24(14-20)29(37-36-25)22-4-9-35-26(16-22)31(32,33)34/h2-5,7,9,13-14,16,18H,6,8,10-12,15,17,19H2,1H3,(H,36,37)/t30-/m0/s1. The number of thiophene rings is 1. The second-order valence-corrected chi connectivity index (χ2v) is 11.7. The predicted octanol–water partition coefficient (Wildman–Crippen LogP) is 5.22. The summed E-state index contributed by atoms with van der Waals surface area (Å²) >= 11 is 1.66. The first-order valence-electron chi connectivity index (χ1n) is 14.0. The lowest BCUT2D eigenvalue weighted by molar-refractivity contribution is -0.141. The van der Waals surface area contributed by atoms with Crippen molar-refractivity contribution in [3.8, 4) is 11.3 Å². The minimum atomic E-state index is -4.58. The van der Waals surface area contributed by atoms with E-state index in [9.17, 15) is 22.8 Å². The Morgan fingerprint density at radius 3 is 2.72 bits per heavy atom. The van der Waals surface area contributed by atoms with Gasteiger partial charge in [-0.1, -0.05) is 12.1 Å². The summed E-state index contributed by atoms with van der Waals surface area (Å²) in [7, 11) is 1.52. The summed E-state index contributed by atoms with van der Waals surface area (Å²) in [5, 5.41) is 11.9.